The lowest BCUT2D eigenvalue weighted by atomic mass is 10.2. The number of hydrogen-bond acceptors (Lipinski definition) is 3. The first-order valence-electron chi connectivity index (χ1n) is 5.51. The molecule has 0 spiro atoms. The van der Waals surface area contributed by atoms with Crippen LogP contribution in [0.1, 0.15) is 16.1 Å². The predicted octanol–water partition coefficient (Wildman–Crippen LogP) is 2.39. The fourth-order valence-electron chi connectivity index (χ4n) is 1.50. The van der Waals surface area contributed by atoms with Crippen LogP contribution >= 0.6 is 11.6 Å². The highest BCUT2D eigenvalue weighted by Gasteiger charge is 2.07. The molecule has 2 rings (SSSR count). The van der Waals surface area contributed by atoms with E-state index in [-0.39, 0.29) is 29.0 Å². The summed E-state index contributed by atoms with van der Waals surface area (Å²) in [5.74, 6) is -0.570. The molecule has 19 heavy (non-hydrogen) atoms. The maximum Gasteiger partial charge on any atom is 0.270 e. The largest absolute Gasteiger partial charge is 0.384 e. The highest BCUT2D eigenvalue weighted by Crippen LogP contribution is 2.15. The molecule has 2 aromatic rings. The number of nitrogens with one attached hydrogen (secondary N) is 1. The third-order valence-electron chi connectivity index (χ3n) is 2.44. The summed E-state index contributed by atoms with van der Waals surface area (Å²) in [6, 6.07) is 9.06. The van der Waals surface area contributed by atoms with Gasteiger partial charge < -0.3 is 11.1 Å². The van der Waals surface area contributed by atoms with Crippen molar-refractivity contribution in [1.82, 2.24) is 10.3 Å². The van der Waals surface area contributed by atoms with Crippen molar-refractivity contribution in [2.75, 3.05) is 5.73 Å². The van der Waals surface area contributed by atoms with E-state index < -0.39 is 5.82 Å². The molecule has 3 N–H and O–H groups in total. The fraction of sp³-hybridized carbons (Fsp3) is 0.0769. The molecule has 0 saturated carbocycles. The minimum Gasteiger partial charge on any atom is -0.384 e. The van der Waals surface area contributed by atoms with Gasteiger partial charge in [-0.3, -0.25) is 4.79 Å². The number of nitrogens with two attached hydrogens (primary N) is 1. The van der Waals surface area contributed by atoms with Crippen LogP contribution in [0.15, 0.2) is 36.4 Å². The molecule has 0 radical (unpaired) electrons. The van der Waals surface area contributed by atoms with Crippen molar-refractivity contribution in [2.24, 2.45) is 0 Å². The number of nitrogen functional groups attached to an aromatic ring is 1. The van der Waals surface area contributed by atoms with E-state index in [4.69, 9.17) is 17.3 Å². The zero-order valence-electron chi connectivity index (χ0n) is 9.86. The number of aromatic nitrogens is 1. The average Bonchev–Trinajstić information content (AvgIpc) is 2.40. The Balaban J connectivity index is 2.02. The molecule has 1 heterocycles. The van der Waals surface area contributed by atoms with Crippen molar-refractivity contribution in [3.8, 4) is 0 Å². The number of rotatable bonds is 3. The third-order valence-corrected chi connectivity index (χ3v) is 2.73. The highest BCUT2D eigenvalue weighted by atomic mass is 35.5. The van der Waals surface area contributed by atoms with Crippen molar-refractivity contribution < 1.29 is 9.18 Å². The molecule has 0 saturated heterocycles. The average molecular weight is 280 g/mol. The van der Waals surface area contributed by atoms with E-state index in [2.05, 4.69) is 10.3 Å². The van der Waals surface area contributed by atoms with Crippen LogP contribution in [-0.2, 0) is 6.54 Å². The zero-order chi connectivity index (χ0) is 13.8. The number of hydrogen-bond donors (Lipinski definition) is 2. The number of carbonyl (C=O) groups is 1. The predicted molar refractivity (Wildman–Crippen MR) is 71.2 cm³/mol. The summed E-state index contributed by atoms with van der Waals surface area (Å²) in [7, 11) is 0. The maximum absolute atomic E-state index is 13.0. The Bertz CT molecular complexity index is 619. The van der Waals surface area contributed by atoms with Crippen molar-refractivity contribution in [3.05, 3.63) is 58.5 Å². The van der Waals surface area contributed by atoms with Crippen molar-refractivity contribution in [2.45, 2.75) is 6.54 Å². The van der Waals surface area contributed by atoms with Gasteiger partial charge in [0.15, 0.2) is 0 Å². The molecule has 0 fully saturated rings. The number of nitrogens with zero attached hydrogens (tertiary/aromatic N) is 1. The molecule has 6 heteroatoms. The first kappa shape index (κ1) is 13.3. The lowest BCUT2D eigenvalue weighted by Gasteiger charge is -2.06. The van der Waals surface area contributed by atoms with Gasteiger partial charge in [-0.2, -0.15) is 0 Å². The molecule has 0 unspecified atom stereocenters. The Hall–Kier alpha value is -2.14. The van der Waals surface area contributed by atoms with E-state index >= 15 is 0 Å². The Kier molecular flexibility index (Phi) is 3.97. The molecular formula is C13H11ClFN3O. The molecule has 0 aliphatic carbocycles. The van der Waals surface area contributed by atoms with Gasteiger partial charge >= 0.3 is 0 Å². The number of carbonyl (C=O) groups excluding carboxylic acids is 1. The van der Waals surface area contributed by atoms with Gasteiger partial charge in [0.05, 0.1) is 5.02 Å². The quantitative estimate of drug-likeness (QED) is 0.906. The summed E-state index contributed by atoms with van der Waals surface area (Å²) < 4.78 is 13.0. The normalized spacial score (nSPS) is 10.2. The molecule has 0 atom stereocenters. The third kappa shape index (κ3) is 3.42. The lowest BCUT2D eigenvalue weighted by Crippen LogP contribution is -2.24. The van der Waals surface area contributed by atoms with E-state index in [1.165, 1.54) is 12.1 Å². The summed E-state index contributed by atoms with van der Waals surface area (Å²) in [6.07, 6.45) is 0. The summed E-state index contributed by atoms with van der Waals surface area (Å²) in [5.41, 5.74) is 6.42. The molecule has 0 aliphatic heterocycles. The standard InChI is InChI=1S/C13H11ClFN3O/c14-9-6-8(4-5-10(9)15)7-17-13(19)11-2-1-3-12(16)18-11/h1-6H,7H2,(H2,16,18)(H,17,19). The van der Waals surface area contributed by atoms with Crippen LogP contribution in [-0.4, -0.2) is 10.9 Å². The van der Waals surface area contributed by atoms with E-state index in [0.717, 1.165) is 0 Å². The summed E-state index contributed by atoms with van der Waals surface area (Å²) in [6.45, 7) is 0.231. The fourth-order valence-corrected chi connectivity index (χ4v) is 1.70. The second-order valence-electron chi connectivity index (χ2n) is 3.88. The molecule has 1 amide bonds. The van der Waals surface area contributed by atoms with Gasteiger partial charge in [-0.1, -0.05) is 23.7 Å². The number of pyridine rings is 1. The monoisotopic (exact) mass is 279 g/mol. The lowest BCUT2D eigenvalue weighted by molar-refractivity contribution is 0.0946. The Morgan fingerprint density at radius 1 is 1.37 bits per heavy atom. The van der Waals surface area contributed by atoms with E-state index in [1.807, 2.05) is 0 Å². The molecular weight excluding hydrogens is 269 g/mol. The van der Waals surface area contributed by atoms with Gasteiger partial charge in [0.2, 0.25) is 0 Å². The molecule has 4 nitrogen and oxygen atoms in total. The maximum atomic E-state index is 13.0. The van der Waals surface area contributed by atoms with Gasteiger partial charge in [-0.15, -0.1) is 0 Å². The van der Waals surface area contributed by atoms with Crippen LogP contribution in [0.5, 0.6) is 0 Å². The van der Waals surface area contributed by atoms with Gasteiger partial charge in [0.25, 0.3) is 5.91 Å². The van der Waals surface area contributed by atoms with Crippen LogP contribution in [0.3, 0.4) is 0 Å². The van der Waals surface area contributed by atoms with Crippen LogP contribution in [0.4, 0.5) is 10.2 Å². The zero-order valence-corrected chi connectivity index (χ0v) is 10.6. The highest BCUT2D eigenvalue weighted by molar-refractivity contribution is 6.30. The van der Waals surface area contributed by atoms with Crippen molar-refractivity contribution in [1.29, 1.82) is 0 Å². The number of benzene rings is 1. The minimum atomic E-state index is -0.491. The van der Waals surface area contributed by atoms with E-state index in [1.54, 1.807) is 24.3 Å². The Morgan fingerprint density at radius 2 is 2.16 bits per heavy atom. The molecule has 0 aliphatic rings. The van der Waals surface area contributed by atoms with Crippen LogP contribution in [0, 0.1) is 5.82 Å². The summed E-state index contributed by atoms with van der Waals surface area (Å²) in [5, 5.41) is 2.67. The summed E-state index contributed by atoms with van der Waals surface area (Å²) in [4.78, 5) is 15.7. The SMILES string of the molecule is Nc1cccc(C(=O)NCc2ccc(F)c(Cl)c2)n1. The Labute approximate surface area is 114 Å². The molecule has 98 valence electrons. The second kappa shape index (κ2) is 5.67. The van der Waals surface area contributed by atoms with Crippen LogP contribution < -0.4 is 11.1 Å². The second-order valence-corrected chi connectivity index (χ2v) is 4.29. The van der Waals surface area contributed by atoms with Gasteiger partial charge in [-0.25, -0.2) is 9.37 Å². The van der Waals surface area contributed by atoms with E-state index in [0.29, 0.717) is 5.56 Å². The van der Waals surface area contributed by atoms with Gasteiger partial charge in [0, 0.05) is 6.54 Å². The molecule has 0 bridgehead atoms. The van der Waals surface area contributed by atoms with Crippen LogP contribution in [0.25, 0.3) is 0 Å². The van der Waals surface area contributed by atoms with Gasteiger partial charge in [0.1, 0.15) is 17.3 Å². The topological polar surface area (TPSA) is 68.0 Å². The number of halogens is 2. The van der Waals surface area contributed by atoms with Crippen LogP contribution in [0.2, 0.25) is 5.02 Å². The van der Waals surface area contributed by atoms with E-state index in [9.17, 15) is 9.18 Å². The van der Waals surface area contributed by atoms with Crippen molar-refractivity contribution >= 4 is 23.3 Å². The van der Waals surface area contributed by atoms with Crippen molar-refractivity contribution in [3.63, 3.8) is 0 Å². The Morgan fingerprint density at radius 3 is 2.84 bits per heavy atom. The number of amides is 1. The smallest absolute Gasteiger partial charge is 0.270 e. The summed E-state index contributed by atoms with van der Waals surface area (Å²) >= 11 is 5.65. The molecule has 1 aromatic heterocycles. The minimum absolute atomic E-state index is 0.0221. The first-order chi connectivity index (χ1) is 9.06. The van der Waals surface area contributed by atoms with Gasteiger partial charge in [-0.05, 0) is 29.8 Å². The molecule has 1 aromatic carbocycles. The number of anilines is 1. The first-order valence-corrected chi connectivity index (χ1v) is 5.89.